The SMILES string of the molecule is CSCc1nc2ccccc2n1CC(=O)Nc1ccccc1Cn1cccn1. The lowest BCUT2D eigenvalue weighted by Crippen LogP contribution is -2.21. The first kappa shape index (κ1) is 18.3. The highest BCUT2D eigenvalue weighted by Crippen LogP contribution is 2.20. The molecule has 0 saturated heterocycles. The standard InChI is InChI=1S/C21H21N5OS/c1-28-15-20-23-18-9-4-5-10-19(18)26(20)14-21(27)24-17-8-3-2-7-16(17)13-25-12-6-11-22-25/h2-12H,13-15H2,1H3,(H,24,27). The van der Waals surface area contributed by atoms with E-state index in [0.717, 1.165) is 33.9 Å². The molecule has 2 aromatic heterocycles. The number of carbonyl (C=O) groups excluding carboxylic acids is 1. The number of thioether (sulfide) groups is 1. The lowest BCUT2D eigenvalue weighted by atomic mass is 10.1. The van der Waals surface area contributed by atoms with Crippen molar-refractivity contribution in [3.8, 4) is 0 Å². The van der Waals surface area contributed by atoms with E-state index in [-0.39, 0.29) is 12.5 Å². The van der Waals surface area contributed by atoms with Crippen LogP contribution in [0.15, 0.2) is 67.0 Å². The minimum Gasteiger partial charge on any atom is -0.324 e. The van der Waals surface area contributed by atoms with Crippen molar-refractivity contribution in [2.45, 2.75) is 18.8 Å². The number of anilines is 1. The van der Waals surface area contributed by atoms with Gasteiger partial charge < -0.3 is 9.88 Å². The van der Waals surface area contributed by atoms with E-state index in [2.05, 4.69) is 15.4 Å². The highest BCUT2D eigenvalue weighted by molar-refractivity contribution is 7.97. The van der Waals surface area contributed by atoms with Gasteiger partial charge in [0, 0.05) is 18.1 Å². The molecule has 0 aliphatic rings. The molecule has 0 aliphatic carbocycles. The fourth-order valence-electron chi connectivity index (χ4n) is 3.22. The van der Waals surface area contributed by atoms with Crippen LogP contribution in [0, 0.1) is 0 Å². The first-order valence-corrected chi connectivity index (χ1v) is 10.4. The van der Waals surface area contributed by atoms with E-state index in [1.54, 1.807) is 18.0 Å². The number of hydrogen-bond acceptors (Lipinski definition) is 4. The molecule has 2 heterocycles. The molecule has 1 N–H and O–H groups in total. The molecule has 0 atom stereocenters. The fraction of sp³-hybridized carbons (Fsp3) is 0.190. The van der Waals surface area contributed by atoms with Crippen LogP contribution in [0.1, 0.15) is 11.4 Å². The Morgan fingerprint density at radius 1 is 1.11 bits per heavy atom. The number of aromatic nitrogens is 4. The normalized spacial score (nSPS) is 11.0. The largest absolute Gasteiger partial charge is 0.324 e. The van der Waals surface area contributed by atoms with Crippen molar-refractivity contribution >= 4 is 34.4 Å². The molecule has 7 heteroatoms. The maximum Gasteiger partial charge on any atom is 0.244 e. The highest BCUT2D eigenvalue weighted by Gasteiger charge is 2.14. The zero-order valence-electron chi connectivity index (χ0n) is 15.6. The summed E-state index contributed by atoms with van der Waals surface area (Å²) < 4.78 is 3.84. The van der Waals surface area contributed by atoms with Gasteiger partial charge in [-0.15, -0.1) is 0 Å². The lowest BCUT2D eigenvalue weighted by Gasteiger charge is -2.13. The van der Waals surface area contributed by atoms with Crippen molar-refractivity contribution in [3.63, 3.8) is 0 Å². The average Bonchev–Trinajstić information content (AvgIpc) is 3.32. The number of carbonyl (C=O) groups is 1. The van der Waals surface area contributed by atoms with Gasteiger partial charge in [-0.25, -0.2) is 4.98 Å². The molecular weight excluding hydrogens is 370 g/mol. The van der Waals surface area contributed by atoms with Crippen LogP contribution in [0.4, 0.5) is 5.69 Å². The number of nitrogens with zero attached hydrogens (tertiary/aromatic N) is 4. The number of nitrogens with one attached hydrogen (secondary N) is 1. The van der Waals surface area contributed by atoms with E-state index in [9.17, 15) is 4.79 Å². The minimum atomic E-state index is -0.0709. The summed E-state index contributed by atoms with van der Waals surface area (Å²) >= 11 is 1.69. The van der Waals surface area contributed by atoms with Crippen molar-refractivity contribution in [1.29, 1.82) is 0 Å². The van der Waals surface area contributed by atoms with Gasteiger partial charge in [0.25, 0.3) is 0 Å². The molecule has 0 bridgehead atoms. The van der Waals surface area contributed by atoms with Gasteiger partial charge in [0.15, 0.2) is 0 Å². The molecule has 0 fully saturated rings. The van der Waals surface area contributed by atoms with Gasteiger partial charge >= 0.3 is 0 Å². The number of amides is 1. The Morgan fingerprint density at radius 3 is 2.75 bits per heavy atom. The zero-order valence-corrected chi connectivity index (χ0v) is 16.4. The highest BCUT2D eigenvalue weighted by atomic mass is 32.2. The summed E-state index contributed by atoms with van der Waals surface area (Å²) in [5.41, 5.74) is 3.71. The van der Waals surface area contributed by atoms with Gasteiger partial charge in [-0.05, 0) is 36.1 Å². The van der Waals surface area contributed by atoms with E-state index in [1.807, 2.05) is 76.3 Å². The van der Waals surface area contributed by atoms with Crippen LogP contribution < -0.4 is 5.32 Å². The van der Waals surface area contributed by atoms with Crippen molar-refractivity contribution in [3.05, 3.63) is 78.4 Å². The number of benzene rings is 2. The predicted molar refractivity (Wildman–Crippen MR) is 113 cm³/mol. The molecule has 6 nitrogen and oxygen atoms in total. The lowest BCUT2D eigenvalue weighted by molar-refractivity contribution is -0.116. The average molecular weight is 392 g/mol. The molecule has 0 unspecified atom stereocenters. The Bertz CT molecular complexity index is 1090. The molecule has 0 saturated carbocycles. The number of para-hydroxylation sites is 3. The summed E-state index contributed by atoms with van der Waals surface area (Å²) in [6.07, 6.45) is 5.69. The summed E-state index contributed by atoms with van der Waals surface area (Å²) in [4.78, 5) is 17.5. The van der Waals surface area contributed by atoms with Gasteiger partial charge in [-0.3, -0.25) is 9.48 Å². The molecule has 2 aromatic carbocycles. The second-order valence-electron chi connectivity index (χ2n) is 6.44. The molecule has 28 heavy (non-hydrogen) atoms. The van der Waals surface area contributed by atoms with Gasteiger partial charge in [0.2, 0.25) is 5.91 Å². The molecule has 1 amide bonds. The summed E-state index contributed by atoms with van der Waals surface area (Å²) in [6, 6.07) is 17.6. The number of imidazole rings is 1. The van der Waals surface area contributed by atoms with E-state index in [1.165, 1.54) is 0 Å². The minimum absolute atomic E-state index is 0.0709. The molecular formula is C21H21N5OS. The van der Waals surface area contributed by atoms with Crippen LogP contribution in [0.2, 0.25) is 0 Å². The monoisotopic (exact) mass is 391 g/mol. The Kier molecular flexibility index (Phi) is 5.43. The third-order valence-corrected chi connectivity index (χ3v) is 5.04. The van der Waals surface area contributed by atoms with Crippen LogP contribution in [-0.4, -0.2) is 31.5 Å². The smallest absolute Gasteiger partial charge is 0.244 e. The Balaban J connectivity index is 1.56. The summed E-state index contributed by atoms with van der Waals surface area (Å²) in [5.74, 6) is 1.60. The van der Waals surface area contributed by atoms with Gasteiger partial charge in [-0.2, -0.15) is 16.9 Å². The maximum atomic E-state index is 12.8. The van der Waals surface area contributed by atoms with Crippen LogP contribution in [0.25, 0.3) is 11.0 Å². The number of rotatable bonds is 7. The van der Waals surface area contributed by atoms with Crippen LogP contribution in [-0.2, 0) is 23.6 Å². The first-order valence-electron chi connectivity index (χ1n) is 9.03. The Morgan fingerprint density at radius 2 is 1.93 bits per heavy atom. The summed E-state index contributed by atoms with van der Waals surface area (Å²) in [7, 11) is 0. The molecule has 0 spiro atoms. The molecule has 0 aliphatic heterocycles. The van der Waals surface area contributed by atoms with Crippen molar-refractivity contribution in [1.82, 2.24) is 19.3 Å². The van der Waals surface area contributed by atoms with Crippen LogP contribution in [0.3, 0.4) is 0 Å². The second-order valence-corrected chi connectivity index (χ2v) is 7.31. The predicted octanol–water partition coefficient (Wildman–Crippen LogP) is 3.78. The topological polar surface area (TPSA) is 64.7 Å². The third-order valence-electron chi connectivity index (χ3n) is 4.49. The number of hydrogen-bond donors (Lipinski definition) is 1. The van der Waals surface area contributed by atoms with Gasteiger partial charge in [0.1, 0.15) is 12.4 Å². The number of fused-ring (bicyclic) bond motifs is 1. The van der Waals surface area contributed by atoms with Gasteiger partial charge in [-0.1, -0.05) is 30.3 Å². The van der Waals surface area contributed by atoms with E-state index in [4.69, 9.17) is 0 Å². The van der Waals surface area contributed by atoms with Crippen molar-refractivity contribution < 1.29 is 4.79 Å². The van der Waals surface area contributed by atoms with E-state index in [0.29, 0.717) is 6.54 Å². The first-order chi connectivity index (χ1) is 13.7. The van der Waals surface area contributed by atoms with Crippen LogP contribution in [0.5, 0.6) is 0 Å². The Hall–Kier alpha value is -3.06. The van der Waals surface area contributed by atoms with Crippen molar-refractivity contribution in [2.75, 3.05) is 11.6 Å². The molecule has 4 aromatic rings. The van der Waals surface area contributed by atoms with E-state index < -0.39 is 0 Å². The molecule has 142 valence electrons. The maximum absolute atomic E-state index is 12.8. The second kappa shape index (κ2) is 8.31. The van der Waals surface area contributed by atoms with Crippen LogP contribution >= 0.6 is 11.8 Å². The fourth-order valence-corrected chi connectivity index (χ4v) is 3.70. The van der Waals surface area contributed by atoms with Crippen molar-refractivity contribution in [2.24, 2.45) is 0 Å². The third kappa shape index (κ3) is 3.94. The zero-order chi connectivity index (χ0) is 19.3. The molecule has 0 radical (unpaired) electrons. The quantitative estimate of drug-likeness (QED) is 0.521. The van der Waals surface area contributed by atoms with Gasteiger partial charge in [0.05, 0.1) is 23.3 Å². The summed E-state index contributed by atoms with van der Waals surface area (Å²) in [5, 5.41) is 7.31. The molecule has 4 rings (SSSR count). The Labute approximate surface area is 167 Å². The van der Waals surface area contributed by atoms with E-state index >= 15 is 0 Å². The summed E-state index contributed by atoms with van der Waals surface area (Å²) in [6.45, 7) is 0.835.